The summed E-state index contributed by atoms with van der Waals surface area (Å²) in [4.78, 5) is 4.02. The standard InChI is InChI=1S/C14H19ClN4O/c1-9(2)17-8-13-10(3)18-19(4)14(13)20-12-5-11(15)6-16-7-12/h5-7,9,17H,8H2,1-4H3. The molecule has 2 aromatic heterocycles. The molecular formula is C14H19ClN4O. The first-order valence-corrected chi connectivity index (χ1v) is 6.89. The summed E-state index contributed by atoms with van der Waals surface area (Å²) in [5.74, 6) is 1.31. The van der Waals surface area contributed by atoms with Crippen molar-refractivity contribution in [1.82, 2.24) is 20.1 Å². The fourth-order valence-electron chi connectivity index (χ4n) is 1.88. The lowest BCUT2D eigenvalue weighted by molar-refractivity contribution is 0.421. The van der Waals surface area contributed by atoms with Crippen LogP contribution >= 0.6 is 11.6 Å². The smallest absolute Gasteiger partial charge is 0.222 e. The third-order valence-corrected chi connectivity index (χ3v) is 3.08. The second kappa shape index (κ2) is 6.24. The van der Waals surface area contributed by atoms with Crippen LogP contribution in [-0.4, -0.2) is 20.8 Å². The van der Waals surface area contributed by atoms with Crippen molar-refractivity contribution in [2.24, 2.45) is 7.05 Å². The highest BCUT2D eigenvalue weighted by Crippen LogP contribution is 2.28. The minimum Gasteiger partial charge on any atom is -0.437 e. The molecule has 0 aliphatic rings. The van der Waals surface area contributed by atoms with Crippen LogP contribution in [0.5, 0.6) is 11.6 Å². The van der Waals surface area contributed by atoms with Crippen LogP contribution in [0.3, 0.4) is 0 Å². The van der Waals surface area contributed by atoms with Crippen LogP contribution < -0.4 is 10.1 Å². The maximum atomic E-state index is 5.92. The maximum Gasteiger partial charge on any atom is 0.222 e. The highest BCUT2D eigenvalue weighted by Gasteiger charge is 2.15. The summed E-state index contributed by atoms with van der Waals surface area (Å²) in [5.41, 5.74) is 1.99. The van der Waals surface area contributed by atoms with Gasteiger partial charge in [0.15, 0.2) is 0 Å². The lowest BCUT2D eigenvalue weighted by atomic mass is 10.2. The topological polar surface area (TPSA) is 52.0 Å². The Morgan fingerprint density at radius 2 is 2.15 bits per heavy atom. The van der Waals surface area contributed by atoms with Crippen LogP contribution in [0.4, 0.5) is 0 Å². The second-order valence-corrected chi connectivity index (χ2v) is 5.41. The molecule has 1 N–H and O–H groups in total. The fraction of sp³-hybridized carbons (Fsp3) is 0.429. The zero-order chi connectivity index (χ0) is 14.7. The van der Waals surface area contributed by atoms with Crippen molar-refractivity contribution in [3.63, 3.8) is 0 Å². The van der Waals surface area contributed by atoms with E-state index in [9.17, 15) is 0 Å². The molecule has 0 unspecified atom stereocenters. The van der Waals surface area contributed by atoms with Gasteiger partial charge in [-0.05, 0) is 6.92 Å². The van der Waals surface area contributed by atoms with Crippen molar-refractivity contribution in [3.05, 3.63) is 34.7 Å². The zero-order valence-corrected chi connectivity index (χ0v) is 12.9. The van der Waals surface area contributed by atoms with Crippen molar-refractivity contribution >= 4 is 11.6 Å². The van der Waals surface area contributed by atoms with Crippen molar-refractivity contribution in [2.45, 2.75) is 33.4 Å². The van der Waals surface area contributed by atoms with Crippen LogP contribution in [0.15, 0.2) is 18.5 Å². The normalized spacial score (nSPS) is 11.1. The molecule has 0 aromatic carbocycles. The molecule has 0 amide bonds. The zero-order valence-electron chi connectivity index (χ0n) is 12.1. The molecule has 6 heteroatoms. The number of aromatic nitrogens is 3. The van der Waals surface area contributed by atoms with Gasteiger partial charge in [-0.3, -0.25) is 4.98 Å². The van der Waals surface area contributed by atoms with Gasteiger partial charge in [-0.2, -0.15) is 5.10 Å². The Morgan fingerprint density at radius 3 is 2.80 bits per heavy atom. The number of nitrogens with zero attached hydrogens (tertiary/aromatic N) is 3. The van der Waals surface area contributed by atoms with E-state index in [-0.39, 0.29) is 0 Å². The highest BCUT2D eigenvalue weighted by molar-refractivity contribution is 6.30. The van der Waals surface area contributed by atoms with Crippen molar-refractivity contribution < 1.29 is 4.74 Å². The van der Waals surface area contributed by atoms with Gasteiger partial charge in [-0.15, -0.1) is 0 Å². The SMILES string of the molecule is Cc1nn(C)c(Oc2cncc(Cl)c2)c1CNC(C)C. The number of hydrogen-bond donors (Lipinski definition) is 1. The monoisotopic (exact) mass is 294 g/mol. The molecule has 0 bridgehead atoms. The first-order valence-electron chi connectivity index (χ1n) is 6.51. The molecule has 0 radical (unpaired) electrons. The largest absolute Gasteiger partial charge is 0.437 e. The number of aryl methyl sites for hydroxylation is 2. The molecule has 0 aliphatic heterocycles. The van der Waals surface area contributed by atoms with E-state index in [1.807, 2.05) is 14.0 Å². The van der Waals surface area contributed by atoms with Gasteiger partial charge in [0, 0.05) is 31.9 Å². The quantitative estimate of drug-likeness (QED) is 0.921. The van der Waals surface area contributed by atoms with E-state index >= 15 is 0 Å². The number of pyridine rings is 1. The Kier molecular flexibility index (Phi) is 4.62. The van der Waals surface area contributed by atoms with Crippen molar-refractivity contribution in [3.8, 4) is 11.6 Å². The molecule has 5 nitrogen and oxygen atoms in total. The van der Waals surface area contributed by atoms with Crippen LogP contribution in [0.1, 0.15) is 25.1 Å². The summed E-state index contributed by atoms with van der Waals surface area (Å²) in [6, 6.07) is 2.13. The molecular weight excluding hydrogens is 276 g/mol. The predicted octanol–water partition coefficient (Wildman–Crippen LogP) is 3.07. The number of halogens is 1. The van der Waals surface area contributed by atoms with Crippen LogP contribution in [0, 0.1) is 6.92 Å². The molecule has 0 spiro atoms. The van der Waals surface area contributed by atoms with Gasteiger partial charge in [0.1, 0.15) is 5.75 Å². The Labute approximate surface area is 123 Å². The molecule has 2 rings (SSSR count). The predicted molar refractivity (Wildman–Crippen MR) is 79.2 cm³/mol. The number of nitrogens with one attached hydrogen (secondary N) is 1. The van der Waals surface area contributed by atoms with Gasteiger partial charge in [-0.25, -0.2) is 4.68 Å². The molecule has 20 heavy (non-hydrogen) atoms. The van der Waals surface area contributed by atoms with Gasteiger partial charge in [-0.1, -0.05) is 25.4 Å². The number of rotatable bonds is 5. The summed E-state index contributed by atoms with van der Waals surface area (Å²) < 4.78 is 7.62. The van der Waals surface area contributed by atoms with Gasteiger partial charge in [0.25, 0.3) is 0 Å². The van der Waals surface area contributed by atoms with Gasteiger partial charge < -0.3 is 10.1 Å². The van der Waals surface area contributed by atoms with Gasteiger partial charge in [0.2, 0.25) is 5.88 Å². The van der Waals surface area contributed by atoms with Crippen molar-refractivity contribution in [2.75, 3.05) is 0 Å². The molecule has 0 aliphatic carbocycles. The maximum absolute atomic E-state index is 5.92. The lowest BCUT2D eigenvalue weighted by Gasteiger charge is -2.11. The Balaban J connectivity index is 2.26. The van der Waals surface area contributed by atoms with Gasteiger partial charge in [0.05, 0.1) is 22.5 Å². The molecule has 2 aromatic rings. The average Bonchev–Trinajstić information content (AvgIpc) is 2.62. The van der Waals surface area contributed by atoms with Crippen LogP contribution in [0.2, 0.25) is 5.02 Å². The molecule has 2 heterocycles. The van der Waals surface area contributed by atoms with E-state index in [1.165, 1.54) is 0 Å². The highest BCUT2D eigenvalue weighted by atomic mass is 35.5. The number of hydrogen-bond acceptors (Lipinski definition) is 4. The molecule has 0 saturated carbocycles. The summed E-state index contributed by atoms with van der Waals surface area (Å²) in [6.45, 7) is 6.89. The first-order chi connectivity index (χ1) is 9.47. The molecule has 0 fully saturated rings. The van der Waals surface area contributed by atoms with E-state index in [4.69, 9.17) is 16.3 Å². The minimum atomic E-state index is 0.398. The van der Waals surface area contributed by atoms with Crippen LogP contribution in [-0.2, 0) is 13.6 Å². The average molecular weight is 295 g/mol. The minimum absolute atomic E-state index is 0.398. The Bertz CT molecular complexity index is 595. The third-order valence-electron chi connectivity index (χ3n) is 2.87. The lowest BCUT2D eigenvalue weighted by Crippen LogP contribution is -2.22. The van der Waals surface area contributed by atoms with Crippen molar-refractivity contribution in [1.29, 1.82) is 0 Å². The third kappa shape index (κ3) is 3.49. The first kappa shape index (κ1) is 14.8. The second-order valence-electron chi connectivity index (χ2n) is 4.97. The summed E-state index contributed by atoms with van der Waals surface area (Å²) >= 11 is 5.92. The molecule has 0 saturated heterocycles. The van der Waals surface area contributed by atoms with E-state index in [2.05, 4.69) is 29.2 Å². The summed E-state index contributed by atoms with van der Waals surface area (Å²) in [5, 5.41) is 8.33. The van der Waals surface area contributed by atoms with E-state index in [1.54, 1.807) is 23.1 Å². The van der Waals surface area contributed by atoms with Crippen LogP contribution in [0.25, 0.3) is 0 Å². The van der Waals surface area contributed by atoms with E-state index < -0.39 is 0 Å². The summed E-state index contributed by atoms with van der Waals surface area (Å²) in [7, 11) is 1.86. The van der Waals surface area contributed by atoms with E-state index in [0.29, 0.717) is 29.2 Å². The van der Waals surface area contributed by atoms with E-state index in [0.717, 1.165) is 11.3 Å². The Morgan fingerprint density at radius 1 is 1.40 bits per heavy atom. The molecule has 0 atom stereocenters. The molecule has 108 valence electrons. The Hall–Kier alpha value is -1.59. The summed E-state index contributed by atoms with van der Waals surface area (Å²) in [6.07, 6.45) is 3.21. The fourth-order valence-corrected chi connectivity index (χ4v) is 2.04. The van der Waals surface area contributed by atoms with Gasteiger partial charge >= 0.3 is 0 Å². The number of ether oxygens (including phenoxy) is 1.